The van der Waals surface area contributed by atoms with Crippen LogP contribution in [-0.4, -0.2) is 32.0 Å². The van der Waals surface area contributed by atoms with Crippen LogP contribution in [-0.2, 0) is 13.1 Å². The molecule has 10 heteroatoms. The van der Waals surface area contributed by atoms with Crippen LogP contribution in [0.3, 0.4) is 0 Å². The monoisotopic (exact) mass is 481 g/mol. The van der Waals surface area contributed by atoms with E-state index in [-0.39, 0.29) is 36.2 Å². The Bertz CT molecular complexity index is 942. The van der Waals surface area contributed by atoms with Crippen molar-refractivity contribution in [2.24, 2.45) is 4.99 Å². The summed E-state index contributed by atoms with van der Waals surface area (Å²) in [5.41, 5.74) is 1.39. The van der Waals surface area contributed by atoms with E-state index in [2.05, 4.69) is 25.8 Å². The average Bonchev–Trinajstić information content (AvgIpc) is 3.07. The molecule has 3 aromatic rings. The molecular formula is C17H20IN7O2. The third-order valence-corrected chi connectivity index (χ3v) is 3.74. The number of fused-ring (bicyclic) bond motifs is 1. The molecule has 0 fully saturated rings. The van der Waals surface area contributed by atoms with Gasteiger partial charge in [0.1, 0.15) is 0 Å². The molecule has 0 aliphatic rings. The number of halogens is 1. The van der Waals surface area contributed by atoms with Gasteiger partial charge in [-0.05, 0) is 19.1 Å². The summed E-state index contributed by atoms with van der Waals surface area (Å²) in [5.74, 6) is 1.30. The highest BCUT2D eigenvalue weighted by Crippen LogP contribution is 2.18. The van der Waals surface area contributed by atoms with Crippen molar-refractivity contribution in [3.8, 4) is 0 Å². The zero-order chi connectivity index (χ0) is 18.4. The van der Waals surface area contributed by atoms with Gasteiger partial charge in [0.05, 0.1) is 23.6 Å². The standard InChI is InChI=1S/C17H19N7O2.HI/c1-2-18-17(19-11-13-7-3-4-8-14(13)24(25)26)20-12-16-22-21-15-9-5-6-10-23(15)16;/h3-10H,2,11-12H2,1H3,(H2,18,19,20);1H. The predicted octanol–water partition coefficient (Wildman–Crippen LogP) is 2.51. The van der Waals surface area contributed by atoms with Crippen molar-refractivity contribution in [2.45, 2.75) is 20.0 Å². The summed E-state index contributed by atoms with van der Waals surface area (Å²) in [7, 11) is 0. The normalized spacial score (nSPS) is 11.1. The molecule has 142 valence electrons. The van der Waals surface area contributed by atoms with Crippen molar-refractivity contribution >= 4 is 41.3 Å². The number of para-hydroxylation sites is 1. The van der Waals surface area contributed by atoms with E-state index in [4.69, 9.17) is 0 Å². The Hall–Kier alpha value is -2.76. The Labute approximate surface area is 173 Å². The molecule has 2 heterocycles. The van der Waals surface area contributed by atoms with Gasteiger partial charge in [0.25, 0.3) is 5.69 Å². The fourth-order valence-corrected chi connectivity index (χ4v) is 2.50. The number of guanidine groups is 1. The third-order valence-electron chi connectivity index (χ3n) is 3.74. The zero-order valence-electron chi connectivity index (χ0n) is 14.7. The van der Waals surface area contributed by atoms with Gasteiger partial charge < -0.3 is 10.6 Å². The molecule has 0 amide bonds. The summed E-state index contributed by atoms with van der Waals surface area (Å²) in [5, 5.41) is 25.7. The Balaban J connectivity index is 0.00000261. The Morgan fingerprint density at radius 3 is 2.74 bits per heavy atom. The summed E-state index contributed by atoms with van der Waals surface area (Å²) >= 11 is 0. The number of pyridine rings is 1. The van der Waals surface area contributed by atoms with E-state index < -0.39 is 4.92 Å². The first-order chi connectivity index (χ1) is 12.7. The Morgan fingerprint density at radius 2 is 1.96 bits per heavy atom. The van der Waals surface area contributed by atoms with Gasteiger partial charge in [-0.2, -0.15) is 0 Å². The molecule has 0 spiro atoms. The van der Waals surface area contributed by atoms with Crippen LogP contribution in [0.5, 0.6) is 0 Å². The number of nitrogens with zero attached hydrogens (tertiary/aromatic N) is 5. The molecular weight excluding hydrogens is 461 g/mol. The minimum Gasteiger partial charge on any atom is -0.357 e. The molecule has 0 radical (unpaired) electrons. The van der Waals surface area contributed by atoms with E-state index in [9.17, 15) is 10.1 Å². The minimum absolute atomic E-state index is 0. The Morgan fingerprint density at radius 1 is 1.19 bits per heavy atom. The smallest absolute Gasteiger partial charge is 0.274 e. The lowest BCUT2D eigenvalue weighted by Gasteiger charge is -2.10. The fourth-order valence-electron chi connectivity index (χ4n) is 2.50. The van der Waals surface area contributed by atoms with Crippen molar-refractivity contribution in [3.05, 3.63) is 70.2 Å². The van der Waals surface area contributed by atoms with E-state index in [0.29, 0.717) is 24.6 Å². The van der Waals surface area contributed by atoms with Gasteiger partial charge in [-0.15, -0.1) is 34.2 Å². The number of hydrogen-bond donors (Lipinski definition) is 2. The first-order valence-corrected chi connectivity index (χ1v) is 8.22. The summed E-state index contributed by atoms with van der Waals surface area (Å²) < 4.78 is 1.89. The number of rotatable bonds is 6. The first-order valence-electron chi connectivity index (χ1n) is 8.22. The van der Waals surface area contributed by atoms with Gasteiger partial charge in [-0.25, -0.2) is 4.99 Å². The van der Waals surface area contributed by atoms with E-state index in [1.807, 2.05) is 35.7 Å². The molecule has 2 N–H and O–H groups in total. The fraction of sp³-hybridized carbons (Fsp3) is 0.235. The van der Waals surface area contributed by atoms with Crippen LogP contribution in [0.25, 0.3) is 5.65 Å². The number of aliphatic imine (C=N–C) groups is 1. The lowest BCUT2D eigenvalue weighted by Crippen LogP contribution is -2.37. The lowest BCUT2D eigenvalue weighted by molar-refractivity contribution is -0.385. The lowest BCUT2D eigenvalue weighted by atomic mass is 10.2. The van der Waals surface area contributed by atoms with Crippen LogP contribution in [0.1, 0.15) is 18.3 Å². The highest BCUT2D eigenvalue weighted by molar-refractivity contribution is 14.0. The predicted molar refractivity (Wildman–Crippen MR) is 113 cm³/mol. The summed E-state index contributed by atoms with van der Waals surface area (Å²) in [6, 6.07) is 12.3. The maximum atomic E-state index is 11.1. The number of nitro benzene ring substituents is 1. The van der Waals surface area contributed by atoms with Gasteiger partial charge >= 0.3 is 0 Å². The number of benzene rings is 1. The second kappa shape index (κ2) is 9.80. The van der Waals surface area contributed by atoms with Gasteiger partial charge in [0, 0.05) is 18.8 Å². The van der Waals surface area contributed by atoms with Crippen molar-refractivity contribution in [1.29, 1.82) is 0 Å². The molecule has 27 heavy (non-hydrogen) atoms. The zero-order valence-corrected chi connectivity index (χ0v) is 17.0. The van der Waals surface area contributed by atoms with E-state index in [1.54, 1.807) is 18.2 Å². The molecule has 0 bridgehead atoms. The molecule has 0 unspecified atom stereocenters. The highest BCUT2D eigenvalue weighted by atomic mass is 127. The van der Waals surface area contributed by atoms with Crippen molar-refractivity contribution in [1.82, 2.24) is 25.2 Å². The van der Waals surface area contributed by atoms with Crippen LogP contribution in [0, 0.1) is 10.1 Å². The van der Waals surface area contributed by atoms with Crippen molar-refractivity contribution < 1.29 is 4.92 Å². The Kier molecular flexibility index (Phi) is 7.46. The first kappa shape index (κ1) is 20.6. The SMILES string of the molecule is CCNC(=NCc1ccccc1[N+](=O)[O-])NCc1nnc2ccccn12.I. The van der Waals surface area contributed by atoms with Crippen LogP contribution in [0.15, 0.2) is 53.7 Å². The number of hydrogen-bond acceptors (Lipinski definition) is 5. The van der Waals surface area contributed by atoms with Crippen LogP contribution >= 0.6 is 24.0 Å². The highest BCUT2D eigenvalue weighted by Gasteiger charge is 2.12. The van der Waals surface area contributed by atoms with Gasteiger partial charge in [0.15, 0.2) is 17.4 Å². The van der Waals surface area contributed by atoms with Gasteiger partial charge in [-0.1, -0.05) is 24.3 Å². The van der Waals surface area contributed by atoms with E-state index >= 15 is 0 Å². The summed E-state index contributed by atoms with van der Waals surface area (Å²) in [6.07, 6.45) is 1.89. The van der Waals surface area contributed by atoms with Crippen molar-refractivity contribution in [3.63, 3.8) is 0 Å². The van der Waals surface area contributed by atoms with E-state index in [1.165, 1.54) is 6.07 Å². The minimum atomic E-state index is -0.395. The topological polar surface area (TPSA) is 110 Å². The molecule has 0 aliphatic carbocycles. The van der Waals surface area contributed by atoms with Gasteiger partial charge in [0.2, 0.25) is 0 Å². The van der Waals surface area contributed by atoms with Gasteiger partial charge in [-0.3, -0.25) is 14.5 Å². The molecule has 1 aromatic carbocycles. The molecule has 2 aromatic heterocycles. The summed E-state index contributed by atoms with van der Waals surface area (Å²) in [6.45, 7) is 3.25. The van der Waals surface area contributed by atoms with Crippen LogP contribution in [0.4, 0.5) is 5.69 Å². The molecule has 0 atom stereocenters. The maximum absolute atomic E-state index is 11.1. The molecule has 0 saturated heterocycles. The maximum Gasteiger partial charge on any atom is 0.274 e. The summed E-state index contributed by atoms with van der Waals surface area (Å²) in [4.78, 5) is 15.1. The molecule has 0 aliphatic heterocycles. The number of nitro groups is 1. The molecule has 0 saturated carbocycles. The average molecular weight is 481 g/mol. The second-order valence-corrected chi connectivity index (χ2v) is 5.48. The second-order valence-electron chi connectivity index (χ2n) is 5.48. The number of nitrogens with one attached hydrogen (secondary N) is 2. The third kappa shape index (κ3) is 5.12. The van der Waals surface area contributed by atoms with Crippen LogP contribution in [0.2, 0.25) is 0 Å². The number of aromatic nitrogens is 3. The van der Waals surface area contributed by atoms with Crippen molar-refractivity contribution in [2.75, 3.05) is 6.54 Å². The van der Waals surface area contributed by atoms with E-state index in [0.717, 1.165) is 11.5 Å². The quantitative estimate of drug-likeness (QED) is 0.184. The molecule has 3 rings (SSSR count). The van der Waals surface area contributed by atoms with Crippen LogP contribution < -0.4 is 10.6 Å². The molecule has 9 nitrogen and oxygen atoms in total. The largest absolute Gasteiger partial charge is 0.357 e.